The first kappa shape index (κ1) is 54.8. The van der Waals surface area contributed by atoms with E-state index in [0.29, 0.717) is 0 Å². The molecule has 0 spiro atoms. The number of aliphatic carboxylic acids is 1. The fourth-order valence-electron chi connectivity index (χ4n) is 10.9. The SMILES string of the molecule is CO[C@H](C(=O)O)[C@@H]1Cc2cc3cc(O[C@H]4C[C@@H](O[C@H]5C[C@@H](O)[C@H](O)[C@@H](C)O5)[C@H](O)[C@@H](C)O4)c(C)c(O)c3c(O)c2C(=O)[C@H]1O[C@H]1C[C@@H](O[C@@H]2C[C@@H](O)[C@@H](O[C@H]3C[C@](C)(O)[C@H](O)[C@@H](C)O3)[C@@H](C)O2)[C@H](O)[C@@H](C)O1. The molecular formula is C49H70O23. The van der Waals surface area contributed by atoms with Crippen LogP contribution in [0.25, 0.3) is 10.8 Å². The minimum absolute atomic E-state index is 0.0188. The third kappa shape index (κ3) is 11.0. The zero-order valence-electron chi connectivity index (χ0n) is 41.4. The van der Waals surface area contributed by atoms with Crippen molar-refractivity contribution in [1.82, 2.24) is 0 Å². The van der Waals surface area contributed by atoms with Crippen LogP contribution in [0.4, 0.5) is 0 Å². The van der Waals surface area contributed by atoms with Crippen LogP contribution < -0.4 is 4.74 Å². The Morgan fingerprint density at radius 3 is 1.81 bits per heavy atom. The standard InChI is InChI=1S/C49H70O23/c1-17-28(68-33-14-29(40(54)19(3)64-33)69-31-12-26(50)39(53)18(2)63-31)11-24-9-23-10-25(46(62-8)48(59)60)45(43(57)37(23)42(56)36(24)38(17)52)71-34-15-30(41(55)20(4)65-34)70-32-13-27(51)44(21(5)66-32)72-35-16-49(7,61)47(58)22(6)67-35/h9,11,18-22,25-27,29-35,39-41,44-47,50-56,58,61H,10,12-16H2,1-8H3,(H,59,60)/t18-,19-,20-,21-,22-,25-,26-,27-,29-,30-,31+,32-,33+,34+,35+,39-,40-,41-,44+,45+,46+,47-,49+/m1/s1. The monoisotopic (exact) mass is 1030 g/mol. The van der Waals surface area contributed by atoms with Crippen LogP contribution in [0.1, 0.15) is 95.1 Å². The van der Waals surface area contributed by atoms with Gasteiger partial charge in [0, 0.05) is 50.7 Å². The second kappa shape index (κ2) is 21.7. The number of ketones is 1. The van der Waals surface area contributed by atoms with Crippen LogP contribution in [-0.2, 0) is 58.6 Å². The molecule has 8 rings (SSSR count). The zero-order valence-corrected chi connectivity index (χ0v) is 41.4. The van der Waals surface area contributed by atoms with E-state index in [9.17, 15) is 60.7 Å². The van der Waals surface area contributed by atoms with Crippen molar-refractivity contribution in [1.29, 1.82) is 0 Å². The van der Waals surface area contributed by atoms with Crippen molar-refractivity contribution in [2.24, 2.45) is 5.92 Å². The molecule has 5 saturated heterocycles. The molecule has 0 aromatic heterocycles. The summed E-state index contributed by atoms with van der Waals surface area (Å²) in [7, 11) is 1.17. The number of carboxylic acid groups (broad SMARTS) is 1. The van der Waals surface area contributed by atoms with E-state index in [0.717, 1.165) is 0 Å². The highest BCUT2D eigenvalue weighted by atomic mass is 16.7. The first-order valence-corrected chi connectivity index (χ1v) is 24.5. The number of phenols is 2. The summed E-state index contributed by atoms with van der Waals surface area (Å²) in [5.41, 5.74) is -1.36. The number of ether oxygens (including phenoxy) is 11. The van der Waals surface area contributed by atoms with E-state index in [1.807, 2.05) is 0 Å². The third-order valence-corrected chi connectivity index (χ3v) is 15.1. The van der Waals surface area contributed by atoms with Crippen LogP contribution in [0.2, 0.25) is 0 Å². The lowest BCUT2D eigenvalue weighted by molar-refractivity contribution is -0.337. The molecule has 1 aliphatic carbocycles. The molecule has 5 heterocycles. The molecular weight excluding hydrogens is 957 g/mol. The van der Waals surface area contributed by atoms with E-state index < -0.39 is 164 Å². The van der Waals surface area contributed by atoms with E-state index >= 15 is 0 Å². The Hall–Kier alpha value is -3.44. The number of hydrogen-bond acceptors (Lipinski definition) is 22. The molecule has 0 unspecified atom stereocenters. The number of carbonyl (C=O) groups is 2. The van der Waals surface area contributed by atoms with Gasteiger partial charge in [-0.15, -0.1) is 0 Å². The number of phenolic OH excluding ortho intramolecular Hbond substituents is 2. The number of fused-ring (bicyclic) bond motifs is 2. The zero-order chi connectivity index (χ0) is 52.4. The van der Waals surface area contributed by atoms with Crippen molar-refractivity contribution in [3.63, 3.8) is 0 Å². The van der Waals surface area contributed by atoms with E-state index in [4.69, 9.17) is 52.1 Å². The van der Waals surface area contributed by atoms with Gasteiger partial charge in [0.25, 0.3) is 0 Å². The Bertz CT molecular complexity index is 2240. The van der Waals surface area contributed by atoms with Crippen LogP contribution in [0.3, 0.4) is 0 Å². The van der Waals surface area contributed by atoms with Crippen molar-refractivity contribution >= 4 is 22.5 Å². The third-order valence-electron chi connectivity index (χ3n) is 15.1. The van der Waals surface area contributed by atoms with Crippen molar-refractivity contribution in [2.45, 2.75) is 222 Å². The largest absolute Gasteiger partial charge is 0.507 e. The average Bonchev–Trinajstić information content (AvgIpc) is 3.29. The molecule has 72 heavy (non-hydrogen) atoms. The van der Waals surface area contributed by atoms with Gasteiger partial charge in [-0.2, -0.15) is 0 Å². The molecule has 23 heteroatoms. The van der Waals surface area contributed by atoms with Crippen molar-refractivity contribution in [3.05, 3.63) is 28.8 Å². The van der Waals surface area contributed by atoms with E-state index in [1.54, 1.807) is 34.6 Å². The second-order valence-corrected chi connectivity index (χ2v) is 20.5. The summed E-state index contributed by atoms with van der Waals surface area (Å²) in [6.07, 6.45) is -22.9. The summed E-state index contributed by atoms with van der Waals surface area (Å²) in [5, 5.41) is 109. The van der Waals surface area contributed by atoms with Crippen LogP contribution in [0.15, 0.2) is 12.1 Å². The molecule has 2 aromatic carbocycles. The summed E-state index contributed by atoms with van der Waals surface area (Å²) in [6, 6.07) is 3.05. The molecule has 0 radical (unpaired) electrons. The van der Waals surface area contributed by atoms with Gasteiger partial charge in [-0.25, -0.2) is 4.79 Å². The quantitative estimate of drug-likeness (QED) is 0.131. The molecule has 5 aliphatic heterocycles. The predicted octanol–water partition coefficient (Wildman–Crippen LogP) is 0.525. The molecule has 0 amide bonds. The highest BCUT2D eigenvalue weighted by Crippen LogP contribution is 2.47. The summed E-state index contributed by atoms with van der Waals surface area (Å²) < 4.78 is 65.8. The molecule has 404 valence electrons. The fourth-order valence-corrected chi connectivity index (χ4v) is 10.9. The lowest BCUT2D eigenvalue weighted by Gasteiger charge is -2.46. The number of hydrogen-bond donors (Lipinski definition) is 10. The van der Waals surface area contributed by atoms with E-state index in [1.165, 1.54) is 33.1 Å². The second-order valence-electron chi connectivity index (χ2n) is 20.5. The summed E-state index contributed by atoms with van der Waals surface area (Å²) >= 11 is 0. The maximum Gasteiger partial charge on any atom is 0.333 e. The van der Waals surface area contributed by atoms with Gasteiger partial charge in [0.2, 0.25) is 6.29 Å². The summed E-state index contributed by atoms with van der Waals surface area (Å²) in [6.45, 7) is 11.0. The molecule has 0 saturated carbocycles. The van der Waals surface area contributed by atoms with Gasteiger partial charge in [-0.05, 0) is 78.0 Å². The number of aromatic hydroxyl groups is 2. The van der Waals surface area contributed by atoms with E-state index in [2.05, 4.69) is 0 Å². The van der Waals surface area contributed by atoms with Crippen LogP contribution >= 0.6 is 0 Å². The normalized spacial score (nSPS) is 43.3. The van der Waals surface area contributed by atoms with E-state index in [-0.39, 0.29) is 71.7 Å². The molecule has 6 aliphatic rings. The Labute approximate surface area is 415 Å². The molecule has 23 atom stereocenters. The Morgan fingerprint density at radius 1 is 0.694 bits per heavy atom. The lowest BCUT2D eigenvalue weighted by atomic mass is 9.76. The van der Waals surface area contributed by atoms with Gasteiger partial charge in [0.05, 0.1) is 71.5 Å². The highest BCUT2D eigenvalue weighted by molar-refractivity contribution is 6.11. The molecule has 2 aromatic rings. The fraction of sp³-hybridized carbons (Fsp3) is 0.755. The maximum atomic E-state index is 14.7. The Kier molecular flexibility index (Phi) is 16.5. The van der Waals surface area contributed by atoms with Gasteiger partial charge < -0.3 is 103 Å². The summed E-state index contributed by atoms with van der Waals surface area (Å²) in [4.78, 5) is 27.4. The minimum atomic E-state index is -1.61. The molecule has 23 nitrogen and oxygen atoms in total. The number of rotatable bonds is 13. The minimum Gasteiger partial charge on any atom is -0.507 e. The maximum absolute atomic E-state index is 14.7. The van der Waals surface area contributed by atoms with Crippen molar-refractivity contribution in [3.8, 4) is 17.2 Å². The van der Waals surface area contributed by atoms with Gasteiger partial charge >= 0.3 is 5.97 Å². The van der Waals surface area contributed by atoms with Crippen molar-refractivity contribution in [2.75, 3.05) is 7.11 Å². The van der Waals surface area contributed by atoms with Crippen LogP contribution in [-0.4, -0.2) is 205 Å². The molecule has 10 N–H and O–H groups in total. The van der Waals surface area contributed by atoms with Gasteiger partial charge in [0.15, 0.2) is 37.0 Å². The number of Topliss-reactive ketones (excluding diaryl/α,β-unsaturated/α-hetero) is 1. The van der Waals surface area contributed by atoms with Crippen molar-refractivity contribution < 1.29 is 113 Å². The van der Waals surface area contributed by atoms with Crippen LogP contribution in [0.5, 0.6) is 17.2 Å². The first-order chi connectivity index (χ1) is 33.9. The number of aliphatic hydroxyl groups excluding tert-OH is 6. The number of benzene rings is 2. The molecule has 0 bridgehead atoms. The first-order valence-electron chi connectivity index (χ1n) is 24.5. The number of carboxylic acids is 1. The smallest absolute Gasteiger partial charge is 0.333 e. The molecule has 5 fully saturated rings. The van der Waals surface area contributed by atoms with Gasteiger partial charge in [-0.3, -0.25) is 4.79 Å². The Balaban J connectivity index is 0.987. The number of aliphatic hydroxyl groups is 7. The lowest BCUT2D eigenvalue weighted by Crippen LogP contribution is -2.58. The van der Waals surface area contributed by atoms with Gasteiger partial charge in [0.1, 0.15) is 53.9 Å². The highest BCUT2D eigenvalue weighted by Gasteiger charge is 2.51. The average molecular weight is 1030 g/mol. The number of carbonyl (C=O) groups excluding carboxylic acids is 1. The number of methoxy groups -OCH3 is 1. The van der Waals surface area contributed by atoms with Gasteiger partial charge in [-0.1, -0.05) is 0 Å². The summed E-state index contributed by atoms with van der Waals surface area (Å²) in [5.74, 6) is -4.36. The Morgan fingerprint density at radius 2 is 1.24 bits per heavy atom. The topological polar surface area (TPSA) is 338 Å². The predicted molar refractivity (Wildman–Crippen MR) is 244 cm³/mol. The van der Waals surface area contributed by atoms with Crippen LogP contribution in [0, 0.1) is 12.8 Å².